The Kier molecular flexibility index (Phi) is 6.48. The molecule has 0 amide bonds. The standard InChI is InChI=1S/C15H27ClN4O/c1-4-17-14(10-12-6-5-9-21-12)15-13(16)11-18-20(15)8-7-19(2)3/h11-12,14,17H,4-10H2,1-3H3. The number of likely N-dealkylation sites (N-methyl/N-ethyl adjacent to an activating group) is 1. The van der Waals surface area contributed by atoms with Crippen molar-refractivity contribution in [1.82, 2.24) is 20.0 Å². The monoisotopic (exact) mass is 314 g/mol. The van der Waals surface area contributed by atoms with Gasteiger partial charge in [0, 0.05) is 13.2 Å². The zero-order valence-electron chi connectivity index (χ0n) is 13.3. The van der Waals surface area contributed by atoms with E-state index < -0.39 is 0 Å². The van der Waals surface area contributed by atoms with Crippen LogP contribution in [-0.4, -0.2) is 54.6 Å². The van der Waals surface area contributed by atoms with Crippen LogP contribution < -0.4 is 5.32 Å². The van der Waals surface area contributed by atoms with Gasteiger partial charge >= 0.3 is 0 Å². The first-order valence-electron chi connectivity index (χ1n) is 7.82. The molecule has 1 saturated heterocycles. The van der Waals surface area contributed by atoms with E-state index in [9.17, 15) is 0 Å². The highest BCUT2D eigenvalue weighted by Crippen LogP contribution is 2.29. The summed E-state index contributed by atoms with van der Waals surface area (Å²) >= 11 is 6.40. The molecule has 1 N–H and O–H groups in total. The van der Waals surface area contributed by atoms with Crippen LogP contribution in [0.3, 0.4) is 0 Å². The molecule has 2 rings (SSSR count). The highest BCUT2D eigenvalue weighted by molar-refractivity contribution is 6.31. The van der Waals surface area contributed by atoms with Gasteiger partial charge in [0.1, 0.15) is 0 Å². The van der Waals surface area contributed by atoms with Crippen LogP contribution in [0.4, 0.5) is 0 Å². The lowest BCUT2D eigenvalue weighted by molar-refractivity contribution is 0.0937. The molecule has 0 aliphatic carbocycles. The zero-order valence-corrected chi connectivity index (χ0v) is 14.1. The van der Waals surface area contributed by atoms with Crippen LogP contribution >= 0.6 is 11.6 Å². The summed E-state index contributed by atoms with van der Waals surface area (Å²) in [7, 11) is 4.14. The minimum absolute atomic E-state index is 0.204. The Balaban J connectivity index is 2.11. The first kappa shape index (κ1) is 16.7. The molecule has 0 bridgehead atoms. The summed E-state index contributed by atoms with van der Waals surface area (Å²) in [6.45, 7) is 5.72. The van der Waals surface area contributed by atoms with Gasteiger partial charge in [-0.1, -0.05) is 18.5 Å². The molecule has 1 aliphatic heterocycles. The van der Waals surface area contributed by atoms with Gasteiger partial charge in [-0.2, -0.15) is 5.10 Å². The van der Waals surface area contributed by atoms with Crippen LogP contribution in [0.15, 0.2) is 6.20 Å². The molecule has 21 heavy (non-hydrogen) atoms. The van der Waals surface area contributed by atoms with Gasteiger partial charge in [0.05, 0.1) is 35.6 Å². The van der Waals surface area contributed by atoms with Gasteiger partial charge in [0.25, 0.3) is 0 Å². The van der Waals surface area contributed by atoms with E-state index in [1.54, 1.807) is 6.20 Å². The molecule has 1 aliphatic rings. The van der Waals surface area contributed by atoms with Crippen molar-refractivity contribution in [1.29, 1.82) is 0 Å². The zero-order chi connectivity index (χ0) is 15.2. The highest BCUT2D eigenvalue weighted by atomic mass is 35.5. The Morgan fingerprint density at radius 2 is 2.38 bits per heavy atom. The van der Waals surface area contributed by atoms with Crippen molar-refractivity contribution in [3.8, 4) is 0 Å². The predicted octanol–water partition coefficient (Wildman–Crippen LogP) is 2.32. The SMILES string of the molecule is CCNC(CC1CCCO1)c1c(Cl)cnn1CCN(C)C. The van der Waals surface area contributed by atoms with E-state index in [0.717, 1.165) is 56.2 Å². The van der Waals surface area contributed by atoms with Crippen LogP contribution in [0, 0.1) is 0 Å². The molecule has 0 saturated carbocycles. The lowest BCUT2D eigenvalue weighted by atomic mass is 10.0. The average Bonchev–Trinajstić information content (AvgIpc) is 3.05. The summed E-state index contributed by atoms with van der Waals surface area (Å²) < 4.78 is 7.82. The van der Waals surface area contributed by atoms with Crippen LogP contribution in [0.2, 0.25) is 5.02 Å². The molecule has 1 aromatic rings. The highest BCUT2D eigenvalue weighted by Gasteiger charge is 2.25. The maximum Gasteiger partial charge on any atom is 0.0834 e. The second-order valence-corrected chi connectivity index (χ2v) is 6.29. The molecule has 2 atom stereocenters. The average molecular weight is 315 g/mol. The Bertz CT molecular complexity index is 429. The summed E-state index contributed by atoms with van der Waals surface area (Å²) in [6.07, 6.45) is 5.36. The second kappa shape index (κ2) is 8.13. The van der Waals surface area contributed by atoms with Gasteiger partial charge < -0.3 is 15.0 Å². The van der Waals surface area contributed by atoms with E-state index in [4.69, 9.17) is 16.3 Å². The van der Waals surface area contributed by atoms with E-state index in [1.165, 1.54) is 0 Å². The topological polar surface area (TPSA) is 42.3 Å². The molecule has 2 heterocycles. The van der Waals surface area contributed by atoms with E-state index >= 15 is 0 Å². The van der Waals surface area contributed by atoms with Crippen molar-refractivity contribution >= 4 is 11.6 Å². The summed E-state index contributed by atoms with van der Waals surface area (Å²) in [5.74, 6) is 0. The lowest BCUT2D eigenvalue weighted by Gasteiger charge is -2.23. The van der Waals surface area contributed by atoms with Crippen molar-refractivity contribution in [2.45, 2.75) is 44.9 Å². The Morgan fingerprint density at radius 3 is 3.00 bits per heavy atom. The fraction of sp³-hybridized carbons (Fsp3) is 0.800. The van der Waals surface area contributed by atoms with Crippen LogP contribution in [-0.2, 0) is 11.3 Å². The van der Waals surface area contributed by atoms with E-state index in [0.29, 0.717) is 6.10 Å². The molecule has 6 heteroatoms. The molecule has 0 radical (unpaired) electrons. The largest absolute Gasteiger partial charge is 0.378 e. The smallest absolute Gasteiger partial charge is 0.0834 e. The van der Waals surface area contributed by atoms with Crippen LogP contribution in [0.25, 0.3) is 0 Å². The van der Waals surface area contributed by atoms with Crippen molar-refractivity contribution in [3.63, 3.8) is 0 Å². The van der Waals surface area contributed by atoms with Gasteiger partial charge in [0.2, 0.25) is 0 Å². The van der Waals surface area contributed by atoms with Crippen molar-refractivity contribution in [2.75, 3.05) is 33.8 Å². The first-order valence-corrected chi connectivity index (χ1v) is 8.20. The molecule has 1 aromatic heterocycles. The molecule has 5 nitrogen and oxygen atoms in total. The van der Waals surface area contributed by atoms with Crippen LogP contribution in [0.5, 0.6) is 0 Å². The summed E-state index contributed by atoms with van der Waals surface area (Å²) in [5.41, 5.74) is 1.09. The third-order valence-electron chi connectivity index (χ3n) is 3.90. The summed E-state index contributed by atoms with van der Waals surface area (Å²) in [4.78, 5) is 2.15. The van der Waals surface area contributed by atoms with E-state index in [1.807, 2.05) is 4.68 Å². The van der Waals surface area contributed by atoms with Gasteiger partial charge in [-0.05, 0) is 39.9 Å². The van der Waals surface area contributed by atoms with Gasteiger partial charge in [-0.3, -0.25) is 4.68 Å². The van der Waals surface area contributed by atoms with Gasteiger partial charge in [-0.15, -0.1) is 0 Å². The summed E-state index contributed by atoms with van der Waals surface area (Å²) in [6, 6.07) is 0.204. The third-order valence-corrected chi connectivity index (χ3v) is 4.19. The quantitative estimate of drug-likeness (QED) is 0.799. The predicted molar refractivity (Wildman–Crippen MR) is 85.8 cm³/mol. The molecule has 2 unspecified atom stereocenters. The molecular weight excluding hydrogens is 288 g/mol. The van der Waals surface area contributed by atoms with Crippen LogP contribution in [0.1, 0.15) is 37.9 Å². The third kappa shape index (κ3) is 4.68. The minimum atomic E-state index is 0.204. The van der Waals surface area contributed by atoms with E-state index in [2.05, 4.69) is 36.3 Å². The number of nitrogens with one attached hydrogen (secondary N) is 1. The molecule has 120 valence electrons. The number of halogens is 1. The summed E-state index contributed by atoms with van der Waals surface area (Å²) in [5, 5.41) is 8.73. The number of hydrogen-bond donors (Lipinski definition) is 1. The number of rotatable bonds is 8. The number of aromatic nitrogens is 2. The fourth-order valence-electron chi connectivity index (χ4n) is 2.82. The minimum Gasteiger partial charge on any atom is -0.378 e. The first-order chi connectivity index (χ1) is 10.1. The maximum atomic E-state index is 6.40. The Hall–Kier alpha value is -0.620. The lowest BCUT2D eigenvalue weighted by Crippen LogP contribution is -2.29. The van der Waals surface area contributed by atoms with Crippen molar-refractivity contribution in [3.05, 3.63) is 16.9 Å². The van der Waals surface area contributed by atoms with E-state index in [-0.39, 0.29) is 6.04 Å². The molecule has 0 aromatic carbocycles. The maximum absolute atomic E-state index is 6.40. The second-order valence-electron chi connectivity index (χ2n) is 5.89. The molecule has 0 spiro atoms. The number of ether oxygens (including phenoxy) is 1. The molecule has 1 fully saturated rings. The van der Waals surface area contributed by atoms with Gasteiger partial charge in [-0.25, -0.2) is 0 Å². The molecular formula is C15H27ClN4O. The normalized spacial score (nSPS) is 20.3. The van der Waals surface area contributed by atoms with Crippen molar-refractivity contribution in [2.24, 2.45) is 0 Å². The number of nitrogens with zero attached hydrogens (tertiary/aromatic N) is 3. The Morgan fingerprint density at radius 1 is 1.57 bits per heavy atom. The van der Waals surface area contributed by atoms with Gasteiger partial charge in [0.15, 0.2) is 0 Å². The Labute approximate surface area is 132 Å². The number of hydrogen-bond acceptors (Lipinski definition) is 4. The fourth-order valence-corrected chi connectivity index (χ4v) is 3.10. The van der Waals surface area contributed by atoms with Crippen molar-refractivity contribution < 1.29 is 4.74 Å².